The van der Waals surface area contributed by atoms with E-state index in [1.807, 2.05) is 63.2 Å². The topological polar surface area (TPSA) is 47.6 Å². The Morgan fingerprint density at radius 3 is 2.58 bits per heavy atom. The Balaban J connectivity index is 2.02. The Hall–Kier alpha value is -2.49. The van der Waals surface area contributed by atoms with Crippen LogP contribution in [0.15, 0.2) is 42.5 Å². The molecule has 2 aromatic rings. The largest absolute Gasteiger partial charge is 0.496 e. The van der Waals surface area contributed by atoms with Gasteiger partial charge in [-0.2, -0.15) is 0 Å². The third-order valence-corrected chi connectivity index (χ3v) is 3.92. The maximum absolute atomic E-state index is 12.5. The highest BCUT2D eigenvalue weighted by Crippen LogP contribution is 2.21. The first-order valence-electron chi connectivity index (χ1n) is 8.18. The van der Waals surface area contributed by atoms with Gasteiger partial charge in [0.2, 0.25) is 0 Å². The van der Waals surface area contributed by atoms with Crippen molar-refractivity contribution in [1.29, 1.82) is 0 Å². The molecule has 0 heterocycles. The van der Waals surface area contributed by atoms with Gasteiger partial charge in [0.25, 0.3) is 5.91 Å². The molecule has 1 N–H and O–H groups in total. The van der Waals surface area contributed by atoms with Crippen molar-refractivity contribution in [3.63, 3.8) is 0 Å². The van der Waals surface area contributed by atoms with Gasteiger partial charge >= 0.3 is 0 Å². The highest BCUT2D eigenvalue weighted by atomic mass is 16.5. The molecule has 0 spiro atoms. The fourth-order valence-electron chi connectivity index (χ4n) is 2.45. The molecule has 0 saturated heterocycles. The maximum Gasteiger partial charge on any atom is 0.261 e. The summed E-state index contributed by atoms with van der Waals surface area (Å²) in [7, 11) is 1.62. The summed E-state index contributed by atoms with van der Waals surface area (Å²) < 4.78 is 11.2. The molecule has 2 rings (SSSR count). The van der Waals surface area contributed by atoms with Crippen LogP contribution >= 0.6 is 0 Å². The number of ether oxygens (including phenoxy) is 2. The molecule has 0 aliphatic rings. The fourth-order valence-corrected chi connectivity index (χ4v) is 2.45. The van der Waals surface area contributed by atoms with Crippen LogP contribution in [0.1, 0.15) is 30.0 Å². The second-order valence-electron chi connectivity index (χ2n) is 5.81. The minimum Gasteiger partial charge on any atom is -0.496 e. The van der Waals surface area contributed by atoms with Gasteiger partial charge in [-0.1, -0.05) is 37.3 Å². The highest BCUT2D eigenvalue weighted by Gasteiger charge is 2.19. The van der Waals surface area contributed by atoms with Gasteiger partial charge in [0.15, 0.2) is 6.10 Å². The van der Waals surface area contributed by atoms with Crippen LogP contribution in [0.5, 0.6) is 11.5 Å². The van der Waals surface area contributed by atoms with E-state index in [0.717, 1.165) is 28.2 Å². The van der Waals surface area contributed by atoms with Gasteiger partial charge in [-0.15, -0.1) is 0 Å². The number of para-hydroxylation sites is 1. The summed E-state index contributed by atoms with van der Waals surface area (Å²) in [6.07, 6.45) is 0.0886. The molecule has 2 aromatic carbocycles. The maximum atomic E-state index is 12.5. The van der Waals surface area contributed by atoms with Crippen molar-refractivity contribution in [2.75, 3.05) is 7.11 Å². The molecule has 1 amide bonds. The van der Waals surface area contributed by atoms with Crippen molar-refractivity contribution in [2.24, 2.45) is 0 Å². The Morgan fingerprint density at radius 1 is 1.12 bits per heavy atom. The number of amides is 1. The molecule has 0 aliphatic heterocycles. The molecule has 0 saturated carbocycles. The molecule has 0 fully saturated rings. The van der Waals surface area contributed by atoms with E-state index in [9.17, 15) is 4.79 Å². The van der Waals surface area contributed by atoms with Crippen LogP contribution in [-0.4, -0.2) is 19.1 Å². The van der Waals surface area contributed by atoms with Crippen molar-refractivity contribution in [2.45, 2.75) is 39.8 Å². The average molecular weight is 327 g/mol. The van der Waals surface area contributed by atoms with Crippen molar-refractivity contribution in [3.05, 3.63) is 59.2 Å². The van der Waals surface area contributed by atoms with E-state index in [4.69, 9.17) is 9.47 Å². The molecule has 4 nitrogen and oxygen atoms in total. The highest BCUT2D eigenvalue weighted by molar-refractivity contribution is 5.81. The summed E-state index contributed by atoms with van der Waals surface area (Å²) in [6.45, 7) is 6.34. The number of rotatable bonds is 7. The zero-order valence-corrected chi connectivity index (χ0v) is 14.8. The zero-order valence-electron chi connectivity index (χ0n) is 14.8. The van der Waals surface area contributed by atoms with E-state index in [1.165, 1.54) is 0 Å². The van der Waals surface area contributed by atoms with Gasteiger partial charge in [0.05, 0.1) is 7.11 Å². The van der Waals surface area contributed by atoms with E-state index in [-0.39, 0.29) is 5.91 Å². The summed E-state index contributed by atoms with van der Waals surface area (Å²) in [5, 5.41) is 2.94. The molecule has 0 aromatic heterocycles. The van der Waals surface area contributed by atoms with Gasteiger partial charge in [0, 0.05) is 12.1 Å². The summed E-state index contributed by atoms with van der Waals surface area (Å²) in [6, 6.07) is 13.6. The Morgan fingerprint density at radius 2 is 1.88 bits per heavy atom. The predicted octanol–water partition coefficient (Wildman–Crippen LogP) is 3.79. The summed E-state index contributed by atoms with van der Waals surface area (Å²) in [4.78, 5) is 12.5. The standard InChI is InChI=1S/C20H25NO3/c1-5-17(24-19-12-14(2)10-11-15(19)3)20(22)21-13-16-8-6-7-9-18(16)23-4/h6-12,17H,5,13H2,1-4H3,(H,21,22). The third kappa shape index (κ3) is 4.51. The lowest BCUT2D eigenvalue weighted by Gasteiger charge is -2.19. The first-order chi connectivity index (χ1) is 11.5. The van der Waals surface area contributed by atoms with Crippen LogP contribution in [0.2, 0.25) is 0 Å². The van der Waals surface area contributed by atoms with E-state index >= 15 is 0 Å². The molecule has 1 atom stereocenters. The van der Waals surface area contributed by atoms with Crippen molar-refractivity contribution in [3.8, 4) is 11.5 Å². The molecule has 0 bridgehead atoms. The van der Waals surface area contributed by atoms with Crippen molar-refractivity contribution >= 4 is 5.91 Å². The molecule has 24 heavy (non-hydrogen) atoms. The lowest BCUT2D eigenvalue weighted by atomic mass is 10.1. The van der Waals surface area contributed by atoms with Crippen molar-refractivity contribution in [1.82, 2.24) is 5.32 Å². The van der Waals surface area contributed by atoms with Gasteiger partial charge in [-0.3, -0.25) is 4.79 Å². The number of hydrogen-bond donors (Lipinski definition) is 1. The van der Waals surface area contributed by atoms with Crippen LogP contribution in [-0.2, 0) is 11.3 Å². The van der Waals surface area contributed by atoms with E-state index < -0.39 is 6.10 Å². The molecule has 4 heteroatoms. The first-order valence-corrected chi connectivity index (χ1v) is 8.18. The Bertz CT molecular complexity index is 697. The number of carbonyl (C=O) groups is 1. The van der Waals surface area contributed by atoms with Crippen molar-refractivity contribution < 1.29 is 14.3 Å². The molecule has 0 aliphatic carbocycles. The Kier molecular flexibility index (Phi) is 6.24. The number of aryl methyl sites for hydroxylation is 2. The van der Waals surface area contributed by atoms with Gasteiger partial charge in [0.1, 0.15) is 11.5 Å². The second kappa shape index (κ2) is 8.39. The number of methoxy groups -OCH3 is 1. The summed E-state index contributed by atoms with van der Waals surface area (Å²) in [5.41, 5.74) is 3.08. The van der Waals surface area contributed by atoms with E-state index in [0.29, 0.717) is 13.0 Å². The molecular weight excluding hydrogens is 302 g/mol. The number of carbonyl (C=O) groups excluding carboxylic acids is 1. The quantitative estimate of drug-likeness (QED) is 0.842. The zero-order chi connectivity index (χ0) is 17.5. The number of hydrogen-bond acceptors (Lipinski definition) is 3. The molecule has 128 valence electrons. The fraction of sp³-hybridized carbons (Fsp3) is 0.350. The molecular formula is C20H25NO3. The van der Waals surface area contributed by atoms with Crippen LogP contribution in [0.3, 0.4) is 0 Å². The lowest BCUT2D eigenvalue weighted by Crippen LogP contribution is -2.37. The summed E-state index contributed by atoms with van der Waals surface area (Å²) in [5.74, 6) is 1.40. The van der Waals surface area contributed by atoms with E-state index in [2.05, 4.69) is 5.32 Å². The van der Waals surface area contributed by atoms with E-state index in [1.54, 1.807) is 7.11 Å². The summed E-state index contributed by atoms with van der Waals surface area (Å²) >= 11 is 0. The predicted molar refractivity (Wildman–Crippen MR) is 95.5 cm³/mol. The first kappa shape index (κ1) is 17.9. The molecule has 0 radical (unpaired) electrons. The molecule has 1 unspecified atom stereocenters. The van der Waals surface area contributed by atoms with Gasteiger partial charge in [-0.05, 0) is 43.5 Å². The van der Waals surface area contributed by atoms with Gasteiger partial charge in [-0.25, -0.2) is 0 Å². The second-order valence-corrected chi connectivity index (χ2v) is 5.81. The van der Waals surface area contributed by atoms with Gasteiger partial charge < -0.3 is 14.8 Å². The van der Waals surface area contributed by atoms with Crippen LogP contribution < -0.4 is 14.8 Å². The minimum atomic E-state index is -0.514. The van der Waals surface area contributed by atoms with Crippen LogP contribution in [0.25, 0.3) is 0 Å². The lowest BCUT2D eigenvalue weighted by molar-refractivity contribution is -0.128. The minimum absolute atomic E-state index is 0.121. The monoisotopic (exact) mass is 327 g/mol. The normalized spacial score (nSPS) is 11.7. The average Bonchev–Trinajstić information content (AvgIpc) is 2.60. The SMILES string of the molecule is CCC(Oc1cc(C)ccc1C)C(=O)NCc1ccccc1OC. The number of nitrogens with one attached hydrogen (secondary N) is 1. The van der Waals surface area contributed by atoms with Crippen LogP contribution in [0, 0.1) is 13.8 Å². The smallest absolute Gasteiger partial charge is 0.261 e. The number of benzene rings is 2. The van der Waals surface area contributed by atoms with Crippen LogP contribution in [0.4, 0.5) is 0 Å². The Labute approximate surface area is 143 Å². The third-order valence-electron chi connectivity index (χ3n) is 3.92.